The first-order valence-corrected chi connectivity index (χ1v) is 8.69. The number of amides is 1. The van der Waals surface area contributed by atoms with Crippen molar-refractivity contribution in [3.8, 4) is 5.75 Å². The first-order chi connectivity index (χ1) is 13.3. The van der Waals surface area contributed by atoms with E-state index in [-0.39, 0.29) is 29.5 Å². The molecule has 148 valence electrons. The lowest BCUT2D eigenvalue weighted by atomic mass is 9.98. The van der Waals surface area contributed by atoms with Crippen LogP contribution in [-0.2, 0) is 14.3 Å². The number of hydrogen-bond donors (Lipinski definition) is 1. The van der Waals surface area contributed by atoms with Crippen LogP contribution in [0, 0.1) is 10.1 Å². The van der Waals surface area contributed by atoms with Gasteiger partial charge in [-0.1, -0.05) is 37.3 Å². The van der Waals surface area contributed by atoms with Gasteiger partial charge in [0.2, 0.25) is 0 Å². The van der Waals surface area contributed by atoms with Crippen molar-refractivity contribution >= 4 is 23.3 Å². The van der Waals surface area contributed by atoms with Gasteiger partial charge in [0, 0.05) is 12.1 Å². The highest BCUT2D eigenvalue weighted by atomic mass is 16.6. The summed E-state index contributed by atoms with van der Waals surface area (Å²) in [5.74, 6) is -0.916. The Labute approximate surface area is 162 Å². The molecule has 1 amide bonds. The predicted octanol–water partition coefficient (Wildman–Crippen LogP) is 3.67. The molecule has 2 rings (SSSR count). The van der Waals surface area contributed by atoms with Gasteiger partial charge in [0.1, 0.15) is 5.75 Å². The Bertz CT molecular complexity index is 853. The van der Waals surface area contributed by atoms with Crippen LogP contribution in [0.25, 0.3) is 0 Å². The molecule has 28 heavy (non-hydrogen) atoms. The molecule has 0 saturated heterocycles. The zero-order chi connectivity index (χ0) is 20.7. The molecular formula is C20H22N2O6. The van der Waals surface area contributed by atoms with Crippen LogP contribution in [0.5, 0.6) is 5.75 Å². The molecule has 0 fully saturated rings. The van der Waals surface area contributed by atoms with E-state index in [1.165, 1.54) is 32.2 Å². The predicted molar refractivity (Wildman–Crippen MR) is 103 cm³/mol. The van der Waals surface area contributed by atoms with Crippen molar-refractivity contribution in [2.45, 2.75) is 32.3 Å². The van der Waals surface area contributed by atoms with Crippen LogP contribution < -0.4 is 10.1 Å². The maximum absolute atomic E-state index is 12.3. The molecule has 1 N–H and O–H groups in total. The summed E-state index contributed by atoms with van der Waals surface area (Å²) in [4.78, 5) is 34.8. The number of carbonyl (C=O) groups excluding carboxylic acids is 2. The number of methoxy groups -OCH3 is 1. The van der Waals surface area contributed by atoms with E-state index in [0.29, 0.717) is 0 Å². The summed E-state index contributed by atoms with van der Waals surface area (Å²) in [6.45, 7) is 3.33. The second-order valence-corrected chi connectivity index (χ2v) is 6.28. The Kier molecular flexibility index (Phi) is 7.08. The van der Waals surface area contributed by atoms with Gasteiger partial charge < -0.3 is 14.8 Å². The molecule has 0 aliphatic rings. The standard InChI is InChI=1S/C20H22N2O6/c1-13(15-7-5-4-6-8-15)11-19(23)28-14(2)20(24)21-17-12-16(22(25)26)9-10-18(17)27-3/h4-10,12-14H,11H2,1-3H3,(H,21,24)/t13-,14-/m1/s1. The third-order valence-corrected chi connectivity index (χ3v) is 4.17. The van der Waals surface area contributed by atoms with Gasteiger partial charge in [0.25, 0.3) is 11.6 Å². The van der Waals surface area contributed by atoms with E-state index in [0.717, 1.165) is 5.56 Å². The Balaban J connectivity index is 1.98. The lowest BCUT2D eigenvalue weighted by Gasteiger charge is -2.16. The fourth-order valence-corrected chi connectivity index (χ4v) is 2.59. The third kappa shape index (κ3) is 5.54. The average molecular weight is 386 g/mol. The van der Waals surface area contributed by atoms with E-state index in [2.05, 4.69) is 5.32 Å². The number of nitro benzene ring substituents is 1. The Morgan fingerprint density at radius 1 is 1.14 bits per heavy atom. The number of nitrogens with zero attached hydrogens (tertiary/aromatic N) is 1. The number of hydrogen-bond acceptors (Lipinski definition) is 6. The van der Waals surface area contributed by atoms with E-state index in [1.54, 1.807) is 0 Å². The van der Waals surface area contributed by atoms with Gasteiger partial charge in [-0.2, -0.15) is 0 Å². The minimum absolute atomic E-state index is 0.0548. The van der Waals surface area contributed by atoms with Gasteiger partial charge in [-0.25, -0.2) is 0 Å². The average Bonchev–Trinajstić information content (AvgIpc) is 2.68. The van der Waals surface area contributed by atoms with Gasteiger partial charge in [-0.15, -0.1) is 0 Å². The highest BCUT2D eigenvalue weighted by molar-refractivity contribution is 5.96. The van der Waals surface area contributed by atoms with Gasteiger partial charge in [0.15, 0.2) is 6.10 Å². The summed E-state index contributed by atoms with van der Waals surface area (Å²) >= 11 is 0. The number of ether oxygens (including phenoxy) is 2. The van der Waals surface area contributed by atoms with Crippen LogP contribution in [0.1, 0.15) is 31.7 Å². The zero-order valence-corrected chi connectivity index (χ0v) is 15.9. The highest BCUT2D eigenvalue weighted by Gasteiger charge is 2.22. The molecule has 8 heteroatoms. The Morgan fingerprint density at radius 2 is 1.82 bits per heavy atom. The summed E-state index contributed by atoms with van der Waals surface area (Å²) in [7, 11) is 1.38. The molecule has 0 spiro atoms. The number of nitro groups is 1. The van der Waals surface area contributed by atoms with Gasteiger partial charge in [-0.05, 0) is 24.5 Å². The summed E-state index contributed by atoms with van der Waals surface area (Å²) in [5, 5.41) is 13.4. The SMILES string of the molecule is COc1ccc([N+](=O)[O-])cc1NC(=O)[C@@H](C)OC(=O)C[C@@H](C)c1ccccc1. The van der Waals surface area contributed by atoms with Gasteiger partial charge in [0.05, 0.1) is 24.1 Å². The van der Waals surface area contributed by atoms with Gasteiger partial charge >= 0.3 is 5.97 Å². The number of anilines is 1. The van der Waals surface area contributed by atoms with Crippen LogP contribution in [-0.4, -0.2) is 30.0 Å². The number of rotatable bonds is 8. The van der Waals surface area contributed by atoms with Crippen molar-refractivity contribution < 1.29 is 24.0 Å². The van der Waals surface area contributed by atoms with Crippen LogP contribution in [0.4, 0.5) is 11.4 Å². The molecular weight excluding hydrogens is 364 g/mol. The smallest absolute Gasteiger partial charge is 0.307 e. The number of esters is 1. The van der Waals surface area contributed by atoms with Crippen LogP contribution in [0.15, 0.2) is 48.5 Å². The topological polar surface area (TPSA) is 108 Å². The fourth-order valence-electron chi connectivity index (χ4n) is 2.59. The summed E-state index contributed by atoms with van der Waals surface area (Å²) in [5.41, 5.74) is 0.928. The van der Waals surface area contributed by atoms with Crippen molar-refractivity contribution in [2.24, 2.45) is 0 Å². The minimum Gasteiger partial charge on any atom is -0.495 e. The monoisotopic (exact) mass is 386 g/mol. The minimum atomic E-state index is -1.07. The zero-order valence-electron chi connectivity index (χ0n) is 15.9. The number of nitrogens with one attached hydrogen (secondary N) is 1. The van der Waals surface area contributed by atoms with Crippen LogP contribution >= 0.6 is 0 Å². The molecule has 0 heterocycles. The normalized spacial score (nSPS) is 12.5. The molecule has 2 aromatic rings. The Hall–Kier alpha value is -3.42. The quantitative estimate of drug-likeness (QED) is 0.421. The van der Waals surface area contributed by atoms with Crippen LogP contribution in [0.2, 0.25) is 0 Å². The van der Waals surface area contributed by atoms with E-state index >= 15 is 0 Å². The van der Waals surface area contributed by atoms with Crippen molar-refractivity contribution in [1.82, 2.24) is 0 Å². The fraction of sp³-hybridized carbons (Fsp3) is 0.300. The molecule has 0 unspecified atom stereocenters. The Morgan fingerprint density at radius 3 is 2.43 bits per heavy atom. The number of carbonyl (C=O) groups is 2. The molecule has 0 aliphatic heterocycles. The first kappa shape index (κ1) is 20.9. The van der Waals surface area contributed by atoms with Crippen molar-refractivity contribution in [3.63, 3.8) is 0 Å². The number of benzene rings is 2. The van der Waals surface area contributed by atoms with Crippen molar-refractivity contribution in [3.05, 3.63) is 64.2 Å². The molecule has 0 aliphatic carbocycles. The van der Waals surface area contributed by atoms with E-state index in [4.69, 9.17) is 9.47 Å². The van der Waals surface area contributed by atoms with Crippen molar-refractivity contribution in [2.75, 3.05) is 12.4 Å². The summed E-state index contributed by atoms with van der Waals surface area (Å²) < 4.78 is 10.3. The second kappa shape index (κ2) is 9.50. The molecule has 0 aromatic heterocycles. The third-order valence-electron chi connectivity index (χ3n) is 4.17. The second-order valence-electron chi connectivity index (χ2n) is 6.28. The molecule has 2 atom stereocenters. The van der Waals surface area contributed by atoms with E-state index in [9.17, 15) is 19.7 Å². The largest absolute Gasteiger partial charge is 0.495 e. The van der Waals surface area contributed by atoms with Gasteiger partial charge in [-0.3, -0.25) is 19.7 Å². The van der Waals surface area contributed by atoms with Crippen molar-refractivity contribution in [1.29, 1.82) is 0 Å². The maximum Gasteiger partial charge on any atom is 0.307 e. The maximum atomic E-state index is 12.3. The summed E-state index contributed by atoms with van der Waals surface area (Å²) in [6.07, 6.45) is -0.943. The van der Waals surface area contributed by atoms with E-state index < -0.39 is 22.9 Å². The molecule has 0 saturated carbocycles. The first-order valence-electron chi connectivity index (χ1n) is 8.69. The summed E-state index contributed by atoms with van der Waals surface area (Å²) in [6, 6.07) is 13.3. The number of non-ortho nitro benzene ring substituents is 1. The molecule has 0 bridgehead atoms. The molecule has 0 radical (unpaired) electrons. The highest BCUT2D eigenvalue weighted by Crippen LogP contribution is 2.29. The lowest BCUT2D eigenvalue weighted by Crippen LogP contribution is -2.30. The van der Waals surface area contributed by atoms with E-state index in [1.807, 2.05) is 37.3 Å². The molecule has 2 aromatic carbocycles. The van der Waals surface area contributed by atoms with Crippen LogP contribution in [0.3, 0.4) is 0 Å². The lowest BCUT2D eigenvalue weighted by molar-refractivity contribution is -0.384. The molecule has 8 nitrogen and oxygen atoms in total.